The highest BCUT2D eigenvalue weighted by molar-refractivity contribution is 6.36. The average Bonchev–Trinajstić information content (AvgIpc) is 3.73. The van der Waals surface area contributed by atoms with Gasteiger partial charge in [0.15, 0.2) is 0 Å². The molecule has 4 fully saturated rings. The van der Waals surface area contributed by atoms with E-state index in [9.17, 15) is 10.1 Å². The topological polar surface area (TPSA) is 72.7 Å². The summed E-state index contributed by atoms with van der Waals surface area (Å²) < 4.78 is 6.74. The van der Waals surface area contributed by atoms with Crippen LogP contribution in [-0.2, 0) is 11.2 Å². The van der Waals surface area contributed by atoms with E-state index in [-0.39, 0.29) is 30.0 Å². The highest BCUT2D eigenvalue weighted by Crippen LogP contribution is 2.46. The molecular weight excluding hydrogens is 582 g/mol. The van der Waals surface area contributed by atoms with E-state index in [1.807, 2.05) is 17.0 Å². The van der Waals surface area contributed by atoms with Gasteiger partial charge in [0.2, 0.25) is 11.8 Å². The van der Waals surface area contributed by atoms with Gasteiger partial charge in [-0.25, -0.2) is 4.98 Å². The van der Waals surface area contributed by atoms with Gasteiger partial charge in [-0.2, -0.15) is 5.26 Å². The molecule has 0 bridgehead atoms. The van der Waals surface area contributed by atoms with E-state index < -0.39 is 0 Å². The van der Waals surface area contributed by atoms with Crippen LogP contribution in [0, 0.1) is 11.3 Å². The number of likely N-dealkylation sites (tertiary alicyclic amines) is 1. The molecule has 3 aromatic carbocycles. The van der Waals surface area contributed by atoms with Gasteiger partial charge in [-0.05, 0) is 79.9 Å². The molecule has 4 aliphatic rings. The molecule has 7 nitrogen and oxygen atoms in total. The second kappa shape index (κ2) is 11.0. The summed E-state index contributed by atoms with van der Waals surface area (Å²) in [7, 11) is 0. The van der Waals surface area contributed by atoms with Crippen LogP contribution in [0.5, 0.6) is 5.88 Å². The Balaban J connectivity index is 1.26. The fourth-order valence-electron chi connectivity index (χ4n) is 8.59. The van der Waals surface area contributed by atoms with Crippen molar-refractivity contribution in [2.24, 2.45) is 0 Å². The third-order valence-electron chi connectivity index (χ3n) is 10.8. The Bertz CT molecular complexity index is 1880. The molecule has 228 valence electrons. The highest BCUT2D eigenvalue weighted by Gasteiger charge is 2.50. The molecule has 5 heterocycles. The van der Waals surface area contributed by atoms with Crippen molar-refractivity contribution in [1.82, 2.24) is 14.8 Å². The zero-order chi connectivity index (χ0) is 30.7. The van der Waals surface area contributed by atoms with Crippen molar-refractivity contribution in [3.63, 3.8) is 0 Å². The number of fused-ring (bicyclic) bond motifs is 4. The number of aromatic nitrogens is 1. The third kappa shape index (κ3) is 4.49. The van der Waals surface area contributed by atoms with Gasteiger partial charge in [0.05, 0.1) is 46.9 Å². The van der Waals surface area contributed by atoms with Crippen molar-refractivity contribution in [2.75, 3.05) is 37.7 Å². The van der Waals surface area contributed by atoms with Crippen LogP contribution >= 0.6 is 11.6 Å². The molecule has 8 heteroatoms. The number of benzene rings is 3. The van der Waals surface area contributed by atoms with Crippen molar-refractivity contribution in [2.45, 2.75) is 56.1 Å². The molecule has 4 aromatic rings. The first-order valence-corrected chi connectivity index (χ1v) is 16.5. The molecule has 1 amide bonds. The fraction of sp³-hybridized carbons (Fsp3) is 0.378. The molecule has 0 unspecified atom stereocenters. The first-order chi connectivity index (χ1) is 22.0. The minimum atomic E-state index is -0.0154. The molecule has 8 rings (SSSR count). The van der Waals surface area contributed by atoms with E-state index in [1.54, 1.807) is 0 Å². The number of ether oxygens (including phenoxy) is 1. The number of hydrogen-bond donors (Lipinski definition) is 0. The van der Waals surface area contributed by atoms with E-state index in [0.29, 0.717) is 30.6 Å². The second-order valence-electron chi connectivity index (χ2n) is 13.0. The zero-order valence-corrected chi connectivity index (χ0v) is 26.1. The van der Waals surface area contributed by atoms with Crippen LogP contribution in [0.2, 0.25) is 5.02 Å². The lowest BCUT2D eigenvalue weighted by Gasteiger charge is -2.49. The molecule has 2 atom stereocenters. The van der Waals surface area contributed by atoms with Crippen molar-refractivity contribution < 1.29 is 9.53 Å². The molecule has 0 saturated carbocycles. The first kappa shape index (κ1) is 28.4. The summed E-state index contributed by atoms with van der Waals surface area (Å²) in [5, 5.41) is 13.9. The minimum absolute atomic E-state index is 0.0154. The Labute approximate surface area is 268 Å². The van der Waals surface area contributed by atoms with Crippen LogP contribution in [0.1, 0.15) is 37.7 Å². The Kier molecular flexibility index (Phi) is 6.96. The quantitative estimate of drug-likeness (QED) is 0.214. The summed E-state index contributed by atoms with van der Waals surface area (Å²) in [5.41, 5.74) is 4.83. The number of hydrogen-bond acceptors (Lipinski definition) is 6. The molecule has 0 spiro atoms. The number of nitrogens with zero attached hydrogens (tertiary/aromatic N) is 5. The smallest absolute Gasteiger partial charge is 0.246 e. The highest BCUT2D eigenvalue weighted by atomic mass is 35.5. The lowest BCUT2D eigenvalue weighted by molar-refractivity contribution is -0.127. The predicted octanol–water partition coefficient (Wildman–Crippen LogP) is 6.76. The molecule has 1 aromatic heterocycles. The van der Waals surface area contributed by atoms with Gasteiger partial charge < -0.3 is 14.5 Å². The van der Waals surface area contributed by atoms with Crippen LogP contribution in [-0.4, -0.2) is 71.1 Å². The van der Waals surface area contributed by atoms with Crippen molar-refractivity contribution in [1.29, 1.82) is 5.26 Å². The Morgan fingerprint density at radius 1 is 1.11 bits per heavy atom. The van der Waals surface area contributed by atoms with Crippen LogP contribution < -0.4 is 9.64 Å². The molecule has 4 saturated heterocycles. The van der Waals surface area contributed by atoms with Gasteiger partial charge in [0.1, 0.15) is 6.61 Å². The van der Waals surface area contributed by atoms with E-state index in [1.165, 1.54) is 18.9 Å². The minimum Gasteiger partial charge on any atom is -0.475 e. The van der Waals surface area contributed by atoms with E-state index in [2.05, 4.69) is 64.9 Å². The molecule has 0 radical (unpaired) electrons. The van der Waals surface area contributed by atoms with Crippen LogP contribution in [0.15, 0.2) is 67.3 Å². The van der Waals surface area contributed by atoms with Crippen molar-refractivity contribution in [3.8, 4) is 23.1 Å². The van der Waals surface area contributed by atoms with Gasteiger partial charge in [-0.15, -0.1) is 0 Å². The van der Waals surface area contributed by atoms with Crippen LogP contribution in [0.25, 0.3) is 32.8 Å². The molecule has 0 aliphatic carbocycles. The third-order valence-corrected chi connectivity index (χ3v) is 11.1. The second-order valence-corrected chi connectivity index (χ2v) is 13.4. The summed E-state index contributed by atoms with van der Waals surface area (Å²) in [4.78, 5) is 24.7. The number of pyridine rings is 1. The number of amides is 1. The number of rotatable bonds is 7. The van der Waals surface area contributed by atoms with Gasteiger partial charge >= 0.3 is 0 Å². The SMILES string of the molecule is C=CC(=O)N1CC[C@@H]2[C@H]1CN2c1c(CC#N)c(OCC23CCCN2CCC3)nc2cc(-c3cccc4cccc(Cl)c34)ccc12. The van der Waals surface area contributed by atoms with Crippen molar-refractivity contribution in [3.05, 3.63) is 77.8 Å². The summed E-state index contributed by atoms with van der Waals surface area (Å²) in [6, 6.07) is 21.4. The Morgan fingerprint density at radius 2 is 1.91 bits per heavy atom. The Hall–Kier alpha value is -4.12. The molecule has 0 N–H and O–H groups in total. The predicted molar refractivity (Wildman–Crippen MR) is 179 cm³/mol. The van der Waals surface area contributed by atoms with E-state index >= 15 is 0 Å². The summed E-state index contributed by atoms with van der Waals surface area (Å²) in [6.07, 6.45) is 7.15. The average molecular weight is 618 g/mol. The number of nitriles is 1. The van der Waals surface area contributed by atoms with Crippen LogP contribution in [0.4, 0.5) is 5.69 Å². The van der Waals surface area contributed by atoms with Gasteiger partial charge in [0.25, 0.3) is 0 Å². The molecule has 45 heavy (non-hydrogen) atoms. The normalized spacial score (nSPS) is 21.9. The largest absolute Gasteiger partial charge is 0.475 e. The lowest BCUT2D eigenvalue weighted by atomic mass is 9.91. The van der Waals surface area contributed by atoms with Crippen LogP contribution in [0.3, 0.4) is 0 Å². The van der Waals surface area contributed by atoms with Gasteiger partial charge in [0, 0.05) is 28.9 Å². The monoisotopic (exact) mass is 617 g/mol. The van der Waals surface area contributed by atoms with Gasteiger partial charge in [-0.3, -0.25) is 9.69 Å². The maximum atomic E-state index is 12.6. The molecule has 4 aliphatic heterocycles. The summed E-state index contributed by atoms with van der Waals surface area (Å²) in [5.74, 6) is 0.541. The van der Waals surface area contributed by atoms with E-state index in [0.717, 1.165) is 76.4 Å². The summed E-state index contributed by atoms with van der Waals surface area (Å²) in [6.45, 7) is 7.96. The molecular formula is C37H36ClN5O2. The van der Waals surface area contributed by atoms with Gasteiger partial charge in [-0.1, -0.05) is 60.6 Å². The van der Waals surface area contributed by atoms with Crippen molar-refractivity contribution >= 4 is 44.9 Å². The maximum absolute atomic E-state index is 12.6. The Morgan fingerprint density at radius 3 is 2.69 bits per heavy atom. The van der Waals surface area contributed by atoms with E-state index in [4.69, 9.17) is 21.3 Å². The maximum Gasteiger partial charge on any atom is 0.246 e. The number of halogens is 1. The number of carbonyl (C=O) groups excluding carboxylic acids is 1. The first-order valence-electron chi connectivity index (χ1n) is 16.1. The lowest BCUT2D eigenvalue weighted by Crippen LogP contribution is -2.63. The zero-order valence-electron chi connectivity index (χ0n) is 25.3. The fourth-order valence-corrected chi connectivity index (χ4v) is 8.87. The number of anilines is 1. The summed E-state index contributed by atoms with van der Waals surface area (Å²) >= 11 is 6.74. The standard InChI is InChI=1S/C37H36ClN5O2/c1-2-33(44)42-20-14-31-32(42)22-43(31)35-27-12-11-25(26-9-3-7-24-8-4-10-29(38)34(24)26)21-30(27)40-36(28(35)13-17-39)45-23-37-15-5-18-41(37)19-6-16-37/h2-4,7-12,21,31-32H,1,5-6,13-16,18-20,22-23H2/t31-,32-/m1/s1. The number of carbonyl (C=O) groups is 1.